The van der Waals surface area contributed by atoms with Crippen LogP contribution in [0.5, 0.6) is 0 Å². The molecule has 0 atom stereocenters. The maximum atomic E-state index is 13.6. The number of nitrogen functional groups attached to an aromatic ring is 1. The first-order valence-electron chi connectivity index (χ1n) is 4.92. The molecule has 74 valence electrons. The van der Waals surface area contributed by atoms with Gasteiger partial charge in [-0.05, 0) is 41.3 Å². The molecule has 1 nitrogen and oxygen atoms in total. The number of benzene rings is 2. The summed E-state index contributed by atoms with van der Waals surface area (Å²) in [5.74, 6) is -0.143. The minimum atomic E-state index is -0.143. The van der Waals surface area contributed by atoms with E-state index in [0.717, 1.165) is 34.4 Å². The van der Waals surface area contributed by atoms with Gasteiger partial charge in [-0.3, -0.25) is 0 Å². The summed E-state index contributed by atoms with van der Waals surface area (Å²) in [6.07, 6.45) is 0.785. The summed E-state index contributed by atoms with van der Waals surface area (Å²) in [5.41, 5.74) is 10.3. The van der Waals surface area contributed by atoms with Crippen LogP contribution >= 0.6 is 0 Å². The summed E-state index contributed by atoms with van der Waals surface area (Å²) in [6, 6.07) is 10.9. The van der Waals surface area contributed by atoms with E-state index >= 15 is 0 Å². The Morgan fingerprint density at radius 1 is 1.07 bits per heavy atom. The lowest BCUT2D eigenvalue weighted by Crippen LogP contribution is -1.87. The van der Waals surface area contributed by atoms with Crippen LogP contribution in [-0.4, -0.2) is 0 Å². The maximum absolute atomic E-state index is 13.6. The molecular formula is C13H10FN. The van der Waals surface area contributed by atoms with Gasteiger partial charge in [0.25, 0.3) is 0 Å². The van der Waals surface area contributed by atoms with E-state index in [-0.39, 0.29) is 5.82 Å². The first kappa shape index (κ1) is 8.48. The first-order valence-corrected chi connectivity index (χ1v) is 4.92. The number of nitrogens with two attached hydrogens (primary N) is 1. The Morgan fingerprint density at radius 2 is 1.93 bits per heavy atom. The third kappa shape index (κ3) is 1.14. The van der Waals surface area contributed by atoms with Gasteiger partial charge >= 0.3 is 0 Å². The molecular weight excluding hydrogens is 189 g/mol. The van der Waals surface area contributed by atoms with E-state index in [9.17, 15) is 4.39 Å². The van der Waals surface area contributed by atoms with E-state index in [2.05, 4.69) is 0 Å². The third-order valence-corrected chi connectivity index (χ3v) is 2.88. The number of rotatable bonds is 0. The molecule has 0 saturated heterocycles. The SMILES string of the molecule is Nc1ccc2c(c1)Cc1cccc(F)c1-2. The van der Waals surface area contributed by atoms with Crippen molar-refractivity contribution in [2.75, 3.05) is 5.73 Å². The standard InChI is InChI=1S/C13H10FN/c14-12-3-1-2-8-6-9-7-10(15)4-5-11(9)13(8)12/h1-5,7H,6,15H2. The van der Waals surface area contributed by atoms with Crippen LogP contribution in [0.2, 0.25) is 0 Å². The van der Waals surface area contributed by atoms with Crippen LogP contribution in [0.15, 0.2) is 36.4 Å². The van der Waals surface area contributed by atoms with Gasteiger partial charge in [-0.2, -0.15) is 0 Å². The second kappa shape index (κ2) is 2.83. The summed E-state index contributed by atoms with van der Waals surface area (Å²) < 4.78 is 13.6. The Bertz CT molecular complexity index is 546. The van der Waals surface area contributed by atoms with Gasteiger partial charge in [0, 0.05) is 11.3 Å². The Hall–Kier alpha value is -1.83. The van der Waals surface area contributed by atoms with E-state index in [1.54, 1.807) is 6.07 Å². The molecule has 0 bridgehead atoms. The molecule has 1 aliphatic carbocycles. The number of anilines is 1. The molecule has 0 heterocycles. The zero-order valence-electron chi connectivity index (χ0n) is 8.13. The summed E-state index contributed by atoms with van der Waals surface area (Å²) in [7, 11) is 0. The van der Waals surface area contributed by atoms with E-state index in [4.69, 9.17) is 5.73 Å². The number of hydrogen-bond donors (Lipinski definition) is 1. The number of halogens is 1. The summed E-state index contributed by atoms with van der Waals surface area (Å²) in [5, 5.41) is 0. The lowest BCUT2D eigenvalue weighted by atomic mass is 10.1. The molecule has 1 aliphatic rings. The molecule has 0 aliphatic heterocycles. The molecule has 0 fully saturated rings. The van der Waals surface area contributed by atoms with Crippen molar-refractivity contribution in [3.05, 3.63) is 53.3 Å². The largest absolute Gasteiger partial charge is 0.399 e. The average Bonchev–Trinajstić information content (AvgIpc) is 2.56. The predicted octanol–water partition coefficient (Wildman–Crippen LogP) is 2.98. The molecule has 2 N–H and O–H groups in total. The lowest BCUT2D eigenvalue weighted by Gasteiger charge is -2.02. The molecule has 2 heteroatoms. The molecule has 3 rings (SSSR count). The Kier molecular flexibility index (Phi) is 1.60. The van der Waals surface area contributed by atoms with E-state index in [0.29, 0.717) is 0 Å². The van der Waals surface area contributed by atoms with Gasteiger partial charge in [-0.15, -0.1) is 0 Å². The maximum Gasteiger partial charge on any atom is 0.131 e. The second-order valence-corrected chi connectivity index (χ2v) is 3.87. The van der Waals surface area contributed by atoms with Gasteiger partial charge in [0.15, 0.2) is 0 Å². The van der Waals surface area contributed by atoms with Crippen LogP contribution in [-0.2, 0) is 6.42 Å². The van der Waals surface area contributed by atoms with Gasteiger partial charge < -0.3 is 5.73 Å². The van der Waals surface area contributed by atoms with Crippen molar-refractivity contribution in [1.29, 1.82) is 0 Å². The van der Waals surface area contributed by atoms with Crippen LogP contribution in [0.3, 0.4) is 0 Å². The van der Waals surface area contributed by atoms with Crippen molar-refractivity contribution >= 4 is 5.69 Å². The molecule has 0 spiro atoms. The van der Waals surface area contributed by atoms with E-state index in [1.165, 1.54) is 6.07 Å². The van der Waals surface area contributed by atoms with Crippen molar-refractivity contribution in [2.24, 2.45) is 0 Å². The van der Waals surface area contributed by atoms with Crippen LogP contribution in [0.1, 0.15) is 11.1 Å². The summed E-state index contributed by atoms with van der Waals surface area (Å²) in [6.45, 7) is 0. The monoisotopic (exact) mass is 199 g/mol. The molecule has 0 saturated carbocycles. The highest BCUT2D eigenvalue weighted by molar-refractivity contribution is 5.78. The van der Waals surface area contributed by atoms with Crippen LogP contribution in [0.25, 0.3) is 11.1 Å². The Labute approximate surface area is 87.4 Å². The average molecular weight is 199 g/mol. The van der Waals surface area contributed by atoms with Gasteiger partial charge in [0.05, 0.1) is 0 Å². The fourth-order valence-electron chi connectivity index (χ4n) is 2.23. The Balaban J connectivity index is 2.31. The zero-order chi connectivity index (χ0) is 10.4. The smallest absolute Gasteiger partial charge is 0.131 e. The predicted molar refractivity (Wildman–Crippen MR) is 59.1 cm³/mol. The molecule has 2 aromatic rings. The summed E-state index contributed by atoms with van der Waals surface area (Å²) >= 11 is 0. The van der Waals surface area contributed by atoms with Gasteiger partial charge in [-0.1, -0.05) is 18.2 Å². The van der Waals surface area contributed by atoms with Crippen molar-refractivity contribution in [3.8, 4) is 11.1 Å². The minimum Gasteiger partial charge on any atom is -0.399 e. The van der Waals surface area contributed by atoms with Crippen LogP contribution in [0.4, 0.5) is 10.1 Å². The summed E-state index contributed by atoms with van der Waals surface area (Å²) in [4.78, 5) is 0. The highest BCUT2D eigenvalue weighted by atomic mass is 19.1. The highest BCUT2D eigenvalue weighted by Gasteiger charge is 2.21. The molecule has 2 aromatic carbocycles. The van der Waals surface area contributed by atoms with Crippen molar-refractivity contribution in [3.63, 3.8) is 0 Å². The van der Waals surface area contributed by atoms with Gasteiger partial charge in [0.2, 0.25) is 0 Å². The van der Waals surface area contributed by atoms with Crippen LogP contribution in [0, 0.1) is 5.82 Å². The normalized spacial score (nSPS) is 12.3. The van der Waals surface area contributed by atoms with Crippen molar-refractivity contribution in [2.45, 2.75) is 6.42 Å². The molecule has 15 heavy (non-hydrogen) atoms. The van der Waals surface area contributed by atoms with Crippen molar-refractivity contribution < 1.29 is 4.39 Å². The van der Waals surface area contributed by atoms with E-state index < -0.39 is 0 Å². The van der Waals surface area contributed by atoms with E-state index in [1.807, 2.05) is 24.3 Å². The third-order valence-electron chi connectivity index (χ3n) is 2.88. The quantitative estimate of drug-likeness (QED) is 0.553. The zero-order valence-corrected chi connectivity index (χ0v) is 8.13. The first-order chi connectivity index (χ1) is 7.25. The van der Waals surface area contributed by atoms with Crippen molar-refractivity contribution in [1.82, 2.24) is 0 Å². The Morgan fingerprint density at radius 3 is 2.80 bits per heavy atom. The fourth-order valence-corrected chi connectivity index (χ4v) is 2.23. The highest BCUT2D eigenvalue weighted by Crippen LogP contribution is 2.38. The molecule has 0 aromatic heterocycles. The van der Waals surface area contributed by atoms with Crippen LogP contribution < -0.4 is 5.73 Å². The van der Waals surface area contributed by atoms with Gasteiger partial charge in [-0.25, -0.2) is 4.39 Å². The number of hydrogen-bond acceptors (Lipinski definition) is 1. The molecule has 0 radical (unpaired) electrons. The topological polar surface area (TPSA) is 26.0 Å². The lowest BCUT2D eigenvalue weighted by molar-refractivity contribution is 0.631. The second-order valence-electron chi connectivity index (χ2n) is 3.87. The minimum absolute atomic E-state index is 0.143. The molecule has 0 unspecified atom stereocenters. The molecule has 0 amide bonds. The fraction of sp³-hybridized carbons (Fsp3) is 0.0769. The van der Waals surface area contributed by atoms with Gasteiger partial charge in [0.1, 0.15) is 5.82 Å². The number of fused-ring (bicyclic) bond motifs is 3.